The zero-order chi connectivity index (χ0) is 12.4. The van der Waals surface area contributed by atoms with Crippen LogP contribution >= 0.6 is 15.9 Å². The zero-order valence-electron chi connectivity index (χ0n) is 9.57. The molecule has 0 amide bonds. The van der Waals surface area contributed by atoms with Gasteiger partial charge in [0.05, 0.1) is 0 Å². The van der Waals surface area contributed by atoms with Crippen LogP contribution in [0.25, 0.3) is 11.6 Å². The number of hydrogen-bond acceptors (Lipinski definition) is 5. The molecule has 5 nitrogen and oxygen atoms in total. The van der Waals surface area contributed by atoms with Crippen molar-refractivity contribution in [3.05, 3.63) is 28.6 Å². The van der Waals surface area contributed by atoms with E-state index < -0.39 is 0 Å². The third-order valence-corrected chi connectivity index (χ3v) is 2.71. The molecule has 0 radical (unpaired) electrons. The molecule has 2 heterocycles. The molecule has 17 heavy (non-hydrogen) atoms. The lowest BCUT2D eigenvalue weighted by Gasteiger charge is -2.08. The molecular formula is C11H13BrN4O. The number of furan rings is 1. The number of nitrogen functional groups attached to an aromatic ring is 1. The molecule has 2 rings (SSSR count). The van der Waals surface area contributed by atoms with E-state index in [2.05, 4.69) is 45.2 Å². The molecule has 6 heteroatoms. The van der Waals surface area contributed by atoms with Gasteiger partial charge in [0.2, 0.25) is 0 Å². The van der Waals surface area contributed by atoms with Crippen LogP contribution in [0.2, 0.25) is 0 Å². The van der Waals surface area contributed by atoms with Gasteiger partial charge in [0.25, 0.3) is 0 Å². The van der Waals surface area contributed by atoms with Gasteiger partial charge in [-0.3, -0.25) is 0 Å². The van der Waals surface area contributed by atoms with E-state index in [4.69, 9.17) is 10.3 Å². The van der Waals surface area contributed by atoms with Crippen LogP contribution in [0.1, 0.15) is 25.5 Å². The van der Waals surface area contributed by atoms with Crippen LogP contribution in [-0.4, -0.2) is 9.97 Å². The first-order chi connectivity index (χ1) is 8.10. The Morgan fingerprint density at radius 2 is 2.12 bits per heavy atom. The highest BCUT2D eigenvalue weighted by Gasteiger charge is 2.11. The predicted octanol–water partition coefficient (Wildman–Crippen LogP) is 2.91. The number of aromatic nitrogens is 2. The fourth-order valence-corrected chi connectivity index (χ4v) is 1.69. The van der Waals surface area contributed by atoms with E-state index in [1.165, 1.54) is 0 Å². The first kappa shape index (κ1) is 12.1. The maximum Gasteiger partial charge on any atom is 0.197 e. The molecule has 0 aliphatic carbocycles. The van der Waals surface area contributed by atoms with Crippen molar-refractivity contribution in [1.82, 2.24) is 9.97 Å². The smallest absolute Gasteiger partial charge is 0.197 e. The van der Waals surface area contributed by atoms with Gasteiger partial charge in [-0.2, -0.15) is 0 Å². The molecule has 0 aliphatic rings. The highest BCUT2D eigenvalue weighted by Crippen LogP contribution is 2.25. The second-order valence-corrected chi connectivity index (χ2v) is 4.69. The van der Waals surface area contributed by atoms with Crippen molar-refractivity contribution in [2.75, 3.05) is 5.43 Å². The van der Waals surface area contributed by atoms with Crippen molar-refractivity contribution < 1.29 is 4.42 Å². The Labute approximate surface area is 108 Å². The SMILES string of the molecule is CC(C)c1cc(NN)nc(-c2ccc(Br)o2)n1. The third-order valence-electron chi connectivity index (χ3n) is 2.28. The largest absolute Gasteiger partial charge is 0.446 e. The molecule has 0 spiro atoms. The Bertz CT molecular complexity index is 524. The summed E-state index contributed by atoms with van der Waals surface area (Å²) >= 11 is 3.25. The van der Waals surface area contributed by atoms with Crippen LogP contribution in [0.3, 0.4) is 0 Å². The zero-order valence-corrected chi connectivity index (χ0v) is 11.2. The second-order valence-electron chi connectivity index (χ2n) is 3.90. The minimum absolute atomic E-state index is 0.294. The topological polar surface area (TPSA) is 77.0 Å². The van der Waals surface area contributed by atoms with Crippen LogP contribution in [-0.2, 0) is 0 Å². The first-order valence-electron chi connectivity index (χ1n) is 5.21. The summed E-state index contributed by atoms with van der Waals surface area (Å²) in [5.41, 5.74) is 3.45. The predicted molar refractivity (Wildman–Crippen MR) is 69.3 cm³/mol. The van der Waals surface area contributed by atoms with Crippen molar-refractivity contribution in [3.63, 3.8) is 0 Å². The van der Waals surface area contributed by atoms with Crippen molar-refractivity contribution in [3.8, 4) is 11.6 Å². The molecule has 0 fully saturated rings. The van der Waals surface area contributed by atoms with Crippen LogP contribution in [0.4, 0.5) is 5.82 Å². The molecular weight excluding hydrogens is 284 g/mol. The van der Waals surface area contributed by atoms with Gasteiger partial charge in [0.15, 0.2) is 16.3 Å². The summed E-state index contributed by atoms with van der Waals surface area (Å²) < 4.78 is 6.07. The minimum atomic E-state index is 0.294. The van der Waals surface area contributed by atoms with Crippen molar-refractivity contribution in [1.29, 1.82) is 0 Å². The molecule has 0 aliphatic heterocycles. The molecule has 90 valence electrons. The third kappa shape index (κ3) is 2.65. The fourth-order valence-electron chi connectivity index (χ4n) is 1.38. The maximum absolute atomic E-state index is 5.43. The highest BCUT2D eigenvalue weighted by atomic mass is 79.9. The van der Waals surface area contributed by atoms with E-state index in [1.807, 2.05) is 12.1 Å². The quantitative estimate of drug-likeness (QED) is 0.673. The number of halogens is 1. The van der Waals surface area contributed by atoms with Gasteiger partial charge in [-0.05, 0) is 34.0 Å². The standard InChI is InChI=1S/C11H13BrN4O/c1-6(2)7-5-10(16-13)15-11(14-7)8-3-4-9(12)17-8/h3-6H,13H2,1-2H3,(H,14,15,16). The molecule has 2 aromatic heterocycles. The van der Waals surface area contributed by atoms with E-state index in [-0.39, 0.29) is 0 Å². The van der Waals surface area contributed by atoms with E-state index >= 15 is 0 Å². The Morgan fingerprint density at radius 1 is 1.35 bits per heavy atom. The summed E-state index contributed by atoms with van der Waals surface area (Å²) in [6.07, 6.45) is 0. The van der Waals surface area contributed by atoms with E-state index in [1.54, 1.807) is 6.07 Å². The number of rotatable bonds is 3. The number of nitrogens with zero attached hydrogens (tertiary/aromatic N) is 2. The van der Waals surface area contributed by atoms with Crippen molar-refractivity contribution >= 4 is 21.7 Å². The van der Waals surface area contributed by atoms with E-state index in [0.717, 1.165) is 5.69 Å². The molecule has 0 saturated carbocycles. The summed E-state index contributed by atoms with van der Waals surface area (Å²) in [6, 6.07) is 5.44. The number of nitrogens with two attached hydrogens (primary N) is 1. The van der Waals surface area contributed by atoms with Gasteiger partial charge in [0, 0.05) is 11.8 Å². The van der Waals surface area contributed by atoms with Gasteiger partial charge in [-0.1, -0.05) is 13.8 Å². The Hall–Kier alpha value is -1.40. The Morgan fingerprint density at radius 3 is 2.65 bits per heavy atom. The lowest BCUT2D eigenvalue weighted by Crippen LogP contribution is -2.10. The summed E-state index contributed by atoms with van der Waals surface area (Å²) in [6.45, 7) is 4.12. The highest BCUT2D eigenvalue weighted by molar-refractivity contribution is 9.10. The van der Waals surface area contributed by atoms with E-state index in [9.17, 15) is 0 Å². The normalized spacial score (nSPS) is 10.9. The van der Waals surface area contributed by atoms with E-state index in [0.29, 0.717) is 28.0 Å². The number of anilines is 1. The van der Waals surface area contributed by atoms with Gasteiger partial charge in [-0.25, -0.2) is 15.8 Å². The molecule has 2 aromatic rings. The monoisotopic (exact) mass is 296 g/mol. The summed E-state index contributed by atoms with van der Waals surface area (Å²) in [5.74, 6) is 7.39. The molecule has 0 aromatic carbocycles. The second kappa shape index (κ2) is 4.85. The maximum atomic E-state index is 5.43. The Kier molecular flexibility index (Phi) is 3.44. The minimum Gasteiger partial charge on any atom is -0.446 e. The summed E-state index contributed by atoms with van der Waals surface area (Å²) in [5, 5.41) is 0. The summed E-state index contributed by atoms with van der Waals surface area (Å²) in [4.78, 5) is 8.70. The molecule has 0 saturated heterocycles. The fraction of sp³-hybridized carbons (Fsp3) is 0.273. The number of nitrogens with one attached hydrogen (secondary N) is 1. The van der Waals surface area contributed by atoms with Crippen LogP contribution in [0.15, 0.2) is 27.3 Å². The van der Waals surface area contributed by atoms with Gasteiger partial charge in [0.1, 0.15) is 5.82 Å². The number of hydrazine groups is 1. The van der Waals surface area contributed by atoms with Gasteiger partial charge >= 0.3 is 0 Å². The van der Waals surface area contributed by atoms with Crippen LogP contribution in [0.5, 0.6) is 0 Å². The lowest BCUT2D eigenvalue weighted by atomic mass is 10.1. The average molecular weight is 297 g/mol. The number of hydrogen-bond donors (Lipinski definition) is 2. The molecule has 3 N–H and O–H groups in total. The molecule has 0 atom stereocenters. The van der Waals surface area contributed by atoms with Crippen LogP contribution in [0, 0.1) is 0 Å². The van der Waals surface area contributed by atoms with Crippen molar-refractivity contribution in [2.45, 2.75) is 19.8 Å². The lowest BCUT2D eigenvalue weighted by molar-refractivity contribution is 0.550. The molecule has 0 bridgehead atoms. The molecule has 0 unspecified atom stereocenters. The van der Waals surface area contributed by atoms with Crippen LogP contribution < -0.4 is 11.3 Å². The average Bonchev–Trinajstić information content (AvgIpc) is 2.75. The van der Waals surface area contributed by atoms with Gasteiger partial charge in [-0.15, -0.1) is 0 Å². The van der Waals surface area contributed by atoms with Gasteiger partial charge < -0.3 is 9.84 Å². The Balaban J connectivity index is 2.49. The summed E-state index contributed by atoms with van der Waals surface area (Å²) in [7, 11) is 0. The first-order valence-corrected chi connectivity index (χ1v) is 6.00. The van der Waals surface area contributed by atoms with Crippen molar-refractivity contribution in [2.24, 2.45) is 5.84 Å².